The van der Waals surface area contributed by atoms with E-state index in [0.29, 0.717) is 5.57 Å². The van der Waals surface area contributed by atoms with Gasteiger partial charge in [0.05, 0.1) is 0 Å². The molecule has 0 unspecified atom stereocenters. The van der Waals surface area contributed by atoms with E-state index in [-0.39, 0.29) is 0 Å². The van der Waals surface area contributed by atoms with Crippen LogP contribution in [0.15, 0.2) is 28.2 Å². The molecule has 0 saturated heterocycles. The van der Waals surface area contributed by atoms with Crippen LogP contribution < -0.4 is 0 Å². The molecule has 0 atom stereocenters. The van der Waals surface area contributed by atoms with Crippen LogP contribution in [0.25, 0.3) is 5.57 Å². The van der Waals surface area contributed by atoms with Crippen molar-refractivity contribution >= 4 is 27.5 Å². The second-order valence-electron chi connectivity index (χ2n) is 3.67. The topological polar surface area (TPSA) is 37.3 Å². The lowest BCUT2D eigenvalue weighted by Crippen LogP contribution is -1.99. The summed E-state index contributed by atoms with van der Waals surface area (Å²) in [5.41, 5.74) is 3.75. The van der Waals surface area contributed by atoms with E-state index in [4.69, 9.17) is 5.11 Å². The van der Waals surface area contributed by atoms with Gasteiger partial charge in [0, 0.05) is 10.0 Å². The lowest BCUT2D eigenvalue weighted by atomic mass is 10.0. The van der Waals surface area contributed by atoms with Gasteiger partial charge in [-0.2, -0.15) is 0 Å². The maximum atomic E-state index is 10.9. The van der Waals surface area contributed by atoms with Gasteiger partial charge in [-0.25, -0.2) is 4.79 Å². The normalized spacial score (nSPS) is 17.5. The van der Waals surface area contributed by atoms with Crippen LogP contribution in [0, 0.1) is 0 Å². The van der Waals surface area contributed by atoms with E-state index >= 15 is 0 Å². The van der Waals surface area contributed by atoms with Crippen molar-refractivity contribution in [2.45, 2.75) is 19.8 Å². The molecule has 0 fully saturated rings. The SMILES string of the molecule is C/C(C(=O)O)=C1/CCc2c(Br)cccc21. The molecule has 1 aliphatic rings. The van der Waals surface area contributed by atoms with Gasteiger partial charge in [-0.15, -0.1) is 0 Å². The van der Waals surface area contributed by atoms with Gasteiger partial charge in [0.2, 0.25) is 0 Å². The average molecular weight is 267 g/mol. The predicted molar refractivity (Wildman–Crippen MR) is 62.7 cm³/mol. The lowest BCUT2D eigenvalue weighted by molar-refractivity contribution is -0.132. The molecule has 0 aliphatic heterocycles. The summed E-state index contributed by atoms with van der Waals surface area (Å²) in [4.78, 5) is 10.9. The van der Waals surface area contributed by atoms with E-state index < -0.39 is 5.97 Å². The minimum absolute atomic E-state index is 0.465. The number of aliphatic carboxylic acids is 1. The van der Waals surface area contributed by atoms with Gasteiger partial charge in [0.25, 0.3) is 0 Å². The van der Waals surface area contributed by atoms with Crippen LogP contribution in [0.1, 0.15) is 24.5 Å². The molecule has 1 aromatic carbocycles. The van der Waals surface area contributed by atoms with Gasteiger partial charge >= 0.3 is 5.97 Å². The van der Waals surface area contributed by atoms with Crippen LogP contribution >= 0.6 is 15.9 Å². The Morgan fingerprint density at radius 3 is 2.80 bits per heavy atom. The van der Waals surface area contributed by atoms with Crippen LogP contribution in [-0.2, 0) is 11.2 Å². The van der Waals surface area contributed by atoms with Gasteiger partial charge in [0.1, 0.15) is 0 Å². The summed E-state index contributed by atoms with van der Waals surface area (Å²) in [5, 5.41) is 8.97. The maximum absolute atomic E-state index is 10.9. The molecular formula is C12H11BrO2. The number of hydrogen-bond donors (Lipinski definition) is 1. The number of carboxylic acid groups (broad SMARTS) is 1. The fourth-order valence-corrected chi connectivity index (χ4v) is 2.56. The molecule has 0 aromatic heterocycles. The maximum Gasteiger partial charge on any atom is 0.331 e. The zero-order valence-electron chi connectivity index (χ0n) is 8.38. The third kappa shape index (κ3) is 1.72. The van der Waals surface area contributed by atoms with Crippen molar-refractivity contribution in [1.29, 1.82) is 0 Å². The molecular weight excluding hydrogens is 256 g/mol. The Kier molecular flexibility index (Phi) is 2.65. The molecule has 0 radical (unpaired) electrons. The fraction of sp³-hybridized carbons (Fsp3) is 0.250. The van der Waals surface area contributed by atoms with E-state index in [2.05, 4.69) is 15.9 Å². The van der Waals surface area contributed by atoms with E-state index in [1.165, 1.54) is 5.56 Å². The van der Waals surface area contributed by atoms with Gasteiger partial charge in [-0.1, -0.05) is 28.1 Å². The lowest BCUT2D eigenvalue weighted by Gasteiger charge is -2.04. The highest BCUT2D eigenvalue weighted by molar-refractivity contribution is 9.10. The highest BCUT2D eigenvalue weighted by Gasteiger charge is 2.21. The summed E-state index contributed by atoms with van der Waals surface area (Å²) in [6, 6.07) is 5.94. The first-order valence-corrected chi connectivity index (χ1v) is 5.61. The van der Waals surface area contributed by atoms with Crippen LogP contribution in [-0.4, -0.2) is 11.1 Å². The Bertz CT molecular complexity index is 461. The van der Waals surface area contributed by atoms with Crippen molar-refractivity contribution in [3.8, 4) is 0 Å². The van der Waals surface area contributed by atoms with Gasteiger partial charge in [-0.05, 0) is 42.5 Å². The van der Waals surface area contributed by atoms with E-state index in [9.17, 15) is 4.79 Å². The molecule has 1 N–H and O–H groups in total. The van der Waals surface area contributed by atoms with Gasteiger partial charge in [0.15, 0.2) is 0 Å². The van der Waals surface area contributed by atoms with Gasteiger partial charge < -0.3 is 5.11 Å². The molecule has 1 aromatic rings. The standard InChI is InChI=1S/C12H11BrO2/c1-7(12(14)15)8-5-6-10-9(8)3-2-4-11(10)13/h2-4H,5-6H2,1H3,(H,14,15)/b8-7+. The Morgan fingerprint density at radius 2 is 2.13 bits per heavy atom. The number of carboxylic acids is 1. The molecule has 0 saturated carbocycles. The summed E-state index contributed by atoms with van der Waals surface area (Å²) in [6.07, 6.45) is 1.76. The van der Waals surface area contributed by atoms with Crippen molar-refractivity contribution in [1.82, 2.24) is 0 Å². The Balaban J connectivity index is 2.59. The smallest absolute Gasteiger partial charge is 0.331 e. The van der Waals surface area contributed by atoms with E-state index in [0.717, 1.165) is 28.5 Å². The third-order valence-electron chi connectivity index (χ3n) is 2.84. The molecule has 1 aliphatic carbocycles. The Morgan fingerprint density at radius 1 is 1.40 bits per heavy atom. The number of halogens is 1. The molecule has 3 heteroatoms. The zero-order chi connectivity index (χ0) is 11.0. The van der Waals surface area contributed by atoms with Crippen LogP contribution in [0.5, 0.6) is 0 Å². The second kappa shape index (κ2) is 3.81. The fourth-order valence-electron chi connectivity index (χ4n) is 2.00. The van der Waals surface area contributed by atoms with Crippen molar-refractivity contribution < 1.29 is 9.90 Å². The van der Waals surface area contributed by atoms with Crippen LogP contribution in [0.2, 0.25) is 0 Å². The molecule has 2 nitrogen and oxygen atoms in total. The monoisotopic (exact) mass is 266 g/mol. The summed E-state index contributed by atoms with van der Waals surface area (Å²) < 4.78 is 1.08. The third-order valence-corrected chi connectivity index (χ3v) is 3.59. The molecule has 0 bridgehead atoms. The first-order valence-electron chi connectivity index (χ1n) is 4.82. The quantitative estimate of drug-likeness (QED) is 0.793. The number of hydrogen-bond acceptors (Lipinski definition) is 1. The molecule has 2 rings (SSSR count). The largest absolute Gasteiger partial charge is 0.478 e. The number of allylic oxidation sites excluding steroid dienone is 1. The number of rotatable bonds is 1. The number of fused-ring (bicyclic) bond motifs is 1. The summed E-state index contributed by atoms with van der Waals surface area (Å²) in [5.74, 6) is -0.821. The van der Waals surface area contributed by atoms with Crippen molar-refractivity contribution in [2.24, 2.45) is 0 Å². The molecule has 0 spiro atoms. The van der Waals surface area contributed by atoms with Crippen molar-refractivity contribution in [3.63, 3.8) is 0 Å². The first kappa shape index (κ1) is 10.4. The molecule has 0 amide bonds. The van der Waals surface area contributed by atoms with Gasteiger partial charge in [-0.3, -0.25) is 0 Å². The zero-order valence-corrected chi connectivity index (χ0v) is 9.97. The Labute approximate surface area is 96.7 Å². The van der Waals surface area contributed by atoms with Crippen molar-refractivity contribution in [2.75, 3.05) is 0 Å². The van der Waals surface area contributed by atoms with Crippen LogP contribution in [0.4, 0.5) is 0 Å². The summed E-state index contributed by atoms with van der Waals surface area (Å²) >= 11 is 3.49. The molecule has 0 heterocycles. The van der Waals surface area contributed by atoms with E-state index in [1.807, 2.05) is 18.2 Å². The summed E-state index contributed by atoms with van der Waals surface area (Å²) in [7, 11) is 0. The van der Waals surface area contributed by atoms with E-state index in [1.54, 1.807) is 6.92 Å². The Hall–Kier alpha value is -1.09. The average Bonchev–Trinajstić information content (AvgIpc) is 2.61. The van der Waals surface area contributed by atoms with Crippen LogP contribution in [0.3, 0.4) is 0 Å². The molecule has 15 heavy (non-hydrogen) atoms. The number of carbonyl (C=O) groups is 1. The minimum Gasteiger partial charge on any atom is -0.478 e. The van der Waals surface area contributed by atoms with Crippen molar-refractivity contribution in [3.05, 3.63) is 39.4 Å². The summed E-state index contributed by atoms with van der Waals surface area (Å²) in [6.45, 7) is 1.67. The molecule has 78 valence electrons. The highest BCUT2D eigenvalue weighted by Crippen LogP contribution is 2.38. The first-order chi connectivity index (χ1) is 7.11. The minimum atomic E-state index is -0.821. The second-order valence-corrected chi connectivity index (χ2v) is 4.53. The highest BCUT2D eigenvalue weighted by atomic mass is 79.9. The predicted octanol–water partition coefficient (Wildman–Crippen LogP) is 3.25. The number of benzene rings is 1.